The highest BCUT2D eigenvalue weighted by Crippen LogP contribution is 1.91. The summed E-state index contributed by atoms with van der Waals surface area (Å²) in [5.74, 6) is 0. The molecular weight excluding hydrogens is 150 g/mol. The first-order valence-electron chi connectivity index (χ1n) is 5.15. The van der Waals surface area contributed by atoms with Crippen LogP contribution in [0.2, 0.25) is 0 Å². The molecule has 0 bridgehead atoms. The zero-order valence-corrected chi connectivity index (χ0v) is 8.81. The van der Waals surface area contributed by atoms with E-state index in [1.165, 1.54) is 13.0 Å². The van der Waals surface area contributed by atoms with Crippen LogP contribution in [0.15, 0.2) is 0 Å². The molecule has 0 radical (unpaired) electrons. The summed E-state index contributed by atoms with van der Waals surface area (Å²) in [6, 6.07) is 0. The van der Waals surface area contributed by atoms with Crippen LogP contribution in [0.4, 0.5) is 0 Å². The van der Waals surface area contributed by atoms with E-state index in [0.29, 0.717) is 0 Å². The standard InChI is InChI=1S/C10H23NO/c1-4-9-12-10-7-8-11(5-2)6-3/h4-10H2,1-3H3. The molecule has 0 aliphatic carbocycles. The Hall–Kier alpha value is -0.0800. The van der Waals surface area contributed by atoms with Crippen molar-refractivity contribution in [3.63, 3.8) is 0 Å². The maximum absolute atomic E-state index is 5.40. The van der Waals surface area contributed by atoms with Gasteiger partial charge in [0.1, 0.15) is 0 Å². The molecule has 0 aromatic heterocycles. The first kappa shape index (κ1) is 11.9. The van der Waals surface area contributed by atoms with Gasteiger partial charge < -0.3 is 9.64 Å². The molecule has 0 aromatic carbocycles. The fraction of sp³-hybridized carbons (Fsp3) is 1.00. The van der Waals surface area contributed by atoms with Gasteiger partial charge in [0.2, 0.25) is 0 Å². The fourth-order valence-corrected chi connectivity index (χ4v) is 1.18. The molecule has 2 nitrogen and oxygen atoms in total. The van der Waals surface area contributed by atoms with Crippen molar-refractivity contribution in [3.8, 4) is 0 Å². The summed E-state index contributed by atoms with van der Waals surface area (Å²) >= 11 is 0. The van der Waals surface area contributed by atoms with Crippen LogP contribution in [0.3, 0.4) is 0 Å². The van der Waals surface area contributed by atoms with Gasteiger partial charge in [0.05, 0.1) is 0 Å². The minimum Gasteiger partial charge on any atom is -0.381 e. The van der Waals surface area contributed by atoms with E-state index in [4.69, 9.17) is 4.74 Å². The predicted octanol–water partition coefficient (Wildman–Crippen LogP) is 2.14. The normalized spacial score (nSPS) is 11.0. The van der Waals surface area contributed by atoms with Gasteiger partial charge in [-0.05, 0) is 25.9 Å². The zero-order valence-electron chi connectivity index (χ0n) is 8.81. The van der Waals surface area contributed by atoms with E-state index in [9.17, 15) is 0 Å². The van der Waals surface area contributed by atoms with Crippen LogP contribution in [0, 0.1) is 0 Å². The zero-order chi connectivity index (χ0) is 9.23. The lowest BCUT2D eigenvalue weighted by Gasteiger charge is -2.17. The number of hydrogen-bond acceptors (Lipinski definition) is 2. The van der Waals surface area contributed by atoms with Crippen molar-refractivity contribution in [2.75, 3.05) is 32.8 Å². The smallest absolute Gasteiger partial charge is 0.0478 e. The highest BCUT2D eigenvalue weighted by Gasteiger charge is 1.97. The molecule has 0 atom stereocenters. The molecule has 74 valence electrons. The third-order valence-corrected chi connectivity index (χ3v) is 2.01. The Bertz CT molecular complexity index is 81.9. The van der Waals surface area contributed by atoms with Crippen LogP contribution >= 0.6 is 0 Å². The van der Waals surface area contributed by atoms with Crippen molar-refractivity contribution in [1.29, 1.82) is 0 Å². The minimum absolute atomic E-state index is 0.915. The second-order valence-corrected chi connectivity index (χ2v) is 2.99. The monoisotopic (exact) mass is 173 g/mol. The molecule has 12 heavy (non-hydrogen) atoms. The molecule has 0 unspecified atom stereocenters. The van der Waals surface area contributed by atoms with E-state index in [0.717, 1.165) is 32.7 Å². The van der Waals surface area contributed by atoms with Crippen LogP contribution in [-0.2, 0) is 4.74 Å². The molecule has 0 heterocycles. The summed E-state index contributed by atoms with van der Waals surface area (Å²) in [5.41, 5.74) is 0. The third kappa shape index (κ3) is 6.62. The topological polar surface area (TPSA) is 12.5 Å². The highest BCUT2D eigenvalue weighted by molar-refractivity contribution is 4.51. The maximum atomic E-state index is 5.40. The molecule has 2 heteroatoms. The van der Waals surface area contributed by atoms with Crippen molar-refractivity contribution in [1.82, 2.24) is 4.90 Å². The lowest BCUT2D eigenvalue weighted by molar-refractivity contribution is 0.122. The van der Waals surface area contributed by atoms with E-state index in [1.807, 2.05) is 0 Å². The first-order valence-corrected chi connectivity index (χ1v) is 5.15. The Morgan fingerprint density at radius 3 is 2.17 bits per heavy atom. The highest BCUT2D eigenvalue weighted by atomic mass is 16.5. The number of hydrogen-bond donors (Lipinski definition) is 0. The van der Waals surface area contributed by atoms with Crippen molar-refractivity contribution >= 4 is 0 Å². The van der Waals surface area contributed by atoms with Gasteiger partial charge in [-0.3, -0.25) is 0 Å². The SMILES string of the molecule is CCCOCCCN(CC)CC. The van der Waals surface area contributed by atoms with Gasteiger partial charge in [0.25, 0.3) is 0 Å². The molecule has 0 aliphatic heterocycles. The number of ether oxygens (including phenoxy) is 1. The maximum Gasteiger partial charge on any atom is 0.0478 e. The van der Waals surface area contributed by atoms with Crippen LogP contribution in [-0.4, -0.2) is 37.7 Å². The Morgan fingerprint density at radius 2 is 1.67 bits per heavy atom. The summed E-state index contributed by atoms with van der Waals surface area (Å²) in [6.45, 7) is 11.9. The molecule has 0 aliphatic rings. The molecule has 0 spiro atoms. The molecule has 0 saturated heterocycles. The molecule has 0 amide bonds. The van der Waals surface area contributed by atoms with Crippen molar-refractivity contribution < 1.29 is 4.74 Å². The lowest BCUT2D eigenvalue weighted by atomic mass is 10.4. The second-order valence-electron chi connectivity index (χ2n) is 2.99. The van der Waals surface area contributed by atoms with Crippen molar-refractivity contribution in [2.24, 2.45) is 0 Å². The molecular formula is C10H23NO. The van der Waals surface area contributed by atoms with Crippen LogP contribution < -0.4 is 0 Å². The lowest BCUT2D eigenvalue weighted by Crippen LogP contribution is -2.24. The summed E-state index contributed by atoms with van der Waals surface area (Å²) in [4.78, 5) is 2.43. The Labute approximate surface area is 76.9 Å². The van der Waals surface area contributed by atoms with E-state index in [1.54, 1.807) is 0 Å². The third-order valence-electron chi connectivity index (χ3n) is 2.01. The van der Waals surface area contributed by atoms with E-state index in [2.05, 4.69) is 25.7 Å². The van der Waals surface area contributed by atoms with Crippen LogP contribution in [0.1, 0.15) is 33.6 Å². The first-order chi connectivity index (χ1) is 5.85. The molecule has 0 saturated carbocycles. The average molecular weight is 173 g/mol. The van der Waals surface area contributed by atoms with E-state index >= 15 is 0 Å². The predicted molar refractivity (Wildman–Crippen MR) is 53.5 cm³/mol. The van der Waals surface area contributed by atoms with Gasteiger partial charge >= 0.3 is 0 Å². The summed E-state index contributed by atoms with van der Waals surface area (Å²) < 4.78 is 5.40. The largest absolute Gasteiger partial charge is 0.381 e. The molecule has 0 aromatic rings. The Kier molecular flexibility index (Phi) is 8.95. The van der Waals surface area contributed by atoms with Gasteiger partial charge in [0, 0.05) is 19.8 Å². The quantitative estimate of drug-likeness (QED) is 0.521. The van der Waals surface area contributed by atoms with Crippen LogP contribution in [0.25, 0.3) is 0 Å². The van der Waals surface area contributed by atoms with Gasteiger partial charge in [0.15, 0.2) is 0 Å². The molecule has 0 N–H and O–H groups in total. The van der Waals surface area contributed by atoms with Crippen molar-refractivity contribution in [2.45, 2.75) is 33.6 Å². The van der Waals surface area contributed by atoms with Gasteiger partial charge in [-0.15, -0.1) is 0 Å². The Morgan fingerprint density at radius 1 is 1.00 bits per heavy atom. The fourth-order valence-electron chi connectivity index (χ4n) is 1.18. The second kappa shape index (κ2) is 9.01. The van der Waals surface area contributed by atoms with Gasteiger partial charge in [-0.1, -0.05) is 20.8 Å². The summed E-state index contributed by atoms with van der Waals surface area (Å²) in [6.07, 6.45) is 2.30. The Balaban J connectivity index is 3.06. The average Bonchev–Trinajstić information content (AvgIpc) is 2.11. The van der Waals surface area contributed by atoms with E-state index < -0.39 is 0 Å². The number of rotatable bonds is 8. The summed E-state index contributed by atoms with van der Waals surface area (Å²) in [5, 5.41) is 0. The van der Waals surface area contributed by atoms with Crippen molar-refractivity contribution in [3.05, 3.63) is 0 Å². The minimum atomic E-state index is 0.915. The molecule has 0 rings (SSSR count). The molecule has 0 fully saturated rings. The van der Waals surface area contributed by atoms with Gasteiger partial charge in [-0.2, -0.15) is 0 Å². The van der Waals surface area contributed by atoms with E-state index in [-0.39, 0.29) is 0 Å². The number of nitrogens with zero attached hydrogens (tertiary/aromatic N) is 1. The summed E-state index contributed by atoms with van der Waals surface area (Å²) in [7, 11) is 0. The van der Waals surface area contributed by atoms with Gasteiger partial charge in [-0.25, -0.2) is 0 Å². The van der Waals surface area contributed by atoms with Crippen LogP contribution in [0.5, 0.6) is 0 Å².